The summed E-state index contributed by atoms with van der Waals surface area (Å²) in [5.41, 5.74) is 5.76. The molecule has 0 bridgehead atoms. The molecule has 0 aliphatic heterocycles. The Bertz CT molecular complexity index is 358. The van der Waals surface area contributed by atoms with E-state index in [1.54, 1.807) is 0 Å². The van der Waals surface area contributed by atoms with E-state index in [1.807, 2.05) is 6.07 Å². The van der Waals surface area contributed by atoms with Crippen LogP contribution in [0, 0.1) is 5.92 Å². The Balaban J connectivity index is 2.02. The Labute approximate surface area is 96.7 Å². The molecule has 3 N–H and O–H groups in total. The zero-order valence-corrected chi connectivity index (χ0v) is 10.0. The predicted molar refractivity (Wildman–Crippen MR) is 66.2 cm³/mol. The van der Waals surface area contributed by atoms with Crippen molar-refractivity contribution in [2.45, 2.75) is 45.6 Å². The monoisotopic (exact) mass is 220 g/mol. The predicted octanol–water partition coefficient (Wildman–Crippen LogP) is 2.22. The highest BCUT2D eigenvalue weighted by atomic mass is 15.1. The van der Waals surface area contributed by atoms with Gasteiger partial charge in [-0.2, -0.15) is 0 Å². The van der Waals surface area contributed by atoms with Crippen molar-refractivity contribution in [2.24, 2.45) is 5.92 Å². The lowest BCUT2D eigenvalue weighted by Crippen LogP contribution is -2.34. The average Bonchev–Trinajstić information content (AvgIpc) is 2.15. The van der Waals surface area contributed by atoms with E-state index in [-0.39, 0.29) is 0 Å². The number of nitrogens with one attached hydrogen (secondary N) is 1. The van der Waals surface area contributed by atoms with Gasteiger partial charge in [-0.3, -0.25) is 0 Å². The van der Waals surface area contributed by atoms with Crippen LogP contribution in [0.1, 0.15) is 38.9 Å². The van der Waals surface area contributed by atoms with Gasteiger partial charge in [-0.15, -0.1) is 0 Å². The number of aryl methyl sites for hydroxylation is 1. The molecule has 16 heavy (non-hydrogen) atoms. The van der Waals surface area contributed by atoms with E-state index < -0.39 is 0 Å². The van der Waals surface area contributed by atoms with Crippen LogP contribution in [0.3, 0.4) is 0 Å². The fourth-order valence-corrected chi connectivity index (χ4v) is 2.16. The summed E-state index contributed by atoms with van der Waals surface area (Å²) in [4.78, 5) is 8.68. The molecular weight excluding hydrogens is 200 g/mol. The Morgan fingerprint density at radius 3 is 2.81 bits per heavy atom. The lowest BCUT2D eigenvalue weighted by molar-refractivity contribution is 0.308. The van der Waals surface area contributed by atoms with Crippen LogP contribution in [-0.2, 0) is 6.42 Å². The van der Waals surface area contributed by atoms with Crippen molar-refractivity contribution in [3.63, 3.8) is 0 Å². The minimum Gasteiger partial charge on any atom is -0.384 e. The number of nitrogens with zero attached hydrogens (tertiary/aromatic N) is 2. The summed E-state index contributed by atoms with van der Waals surface area (Å²) in [7, 11) is 0. The second kappa shape index (κ2) is 4.68. The molecule has 0 atom stereocenters. The quantitative estimate of drug-likeness (QED) is 0.816. The highest BCUT2D eigenvalue weighted by Crippen LogP contribution is 2.29. The van der Waals surface area contributed by atoms with Crippen molar-refractivity contribution < 1.29 is 0 Å². The Morgan fingerprint density at radius 2 is 2.19 bits per heavy atom. The highest BCUT2D eigenvalue weighted by molar-refractivity contribution is 5.45. The molecule has 4 nitrogen and oxygen atoms in total. The van der Waals surface area contributed by atoms with Crippen LogP contribution in [0.15, 0.2) is 6.07 Å². The van der Waals surface area contributed by atoms with Gasteiger partial charge in [0.25, 0.3) is 0 Å². The molecule has 0 aromatic carbocycles. The van der Waals surface area contributed by atoms with E-state index in [1.165, 1.54) is 12.8 Å². The summed E-state index contributed by atoms with van der Waals surface area (Å²) in [6.45, 7) is 4.39. The van der Waals surface area contributed by atoms with Crippen molar-refractivity contribution in [1.82, 2.24) is 9.97 Å². The van der Waals surface area contributed by atoms with Crippen LogP contribution in [0.4, 0.5) is 11.6 Å². The molecule has 4 heteroatoms. The first-order valence-electron chi connectivity index (χ1n) is 6.07. The van der Waals surface area contributed by atoms with Gasteiger partial charge < -0.3 is 11.1 Å². The lowest BCUT2D eigenvalue weighted by atomic mass is 9.82. The normalized spacial score (nSPS) is 23.9. The number of hydrogen-bond acceptors (Lipinski definition) is 4. The van der Waals surface area contributed by atoms with Crippen molar-refractivity contribution in [3.05, 3.63) is 11.9 Å². The first kappa shape index (κ1) is 11.2. The van der Waals surface area contributed by atoms with E-state index >= 15 is 0 Å². The van der Waals surface area contributed by atoms with Gasteiger partial charge in [-0.1, -0.05) is 13.8 Å². The molecule has 1 saturated carbocycles. The molecule has 1 aliphatic carbocycles. The summed E-state index contributed by atoms with van der Waals surface area (Å²) < 4.78 is 0. The molecule has 0 saturated heterocycles. The largest absolute Gasteiger partial charge is 0.384 e. The first-order valence-corrected chi connectivity index (χ1v) is 6.07. The van der Waals surface area contributed by atoms with E-state index in [0.29, 0.717) is 11.9 Å². The van der Waals surface area contributed by atoms with Crippen LogP contribution in [0.5, 0.6) is 0 Å². The lowest BCUT2D eigenvalue weighted by Gasteiger charge is -2.33. The molecule has 1 aromatic rings. The van der Waals surface area contributed by atoms with E-state index in [0.717, 1.165) is 30.4 Å². The second-order valence-corrected chi connectivity index (χ2v) is 4.76. The number of hydrogen-bond donors (Lipinski definition) is 2. The van der Waals surface area contributed by atoms with Gasteiger partial charge in [0.15, 0.2) is 0 Å². The molecule has 0 amide bonds. The van der Waals surface area contributed by atoms with E-state index in [9.17, 15) is 0 Å². The average molecular weight is 220 g/mol. The van der Waals surface area contributed by atoms with Gasteiger partial charge in [-0.25, -0.2) is 9.97 Å². The third-order valence-corrected chi connectivity index (χ3v) is 2.99. The molecule has 0 unspecified atom stereocenters. The number of nitrogens with two attached hydrogens (primary N) is 1. The van der Waals surface area contributed by atoms with Crippen LogP contribution < -0.4 is 11.1 Å². The number of nitrogen functional groups attached to an aromatic ring is 1. The molecule has 1 aromatic heterocycles. The van der Waals surface area contributed by atoms with Gasteiger partial charge in [0.2, 0.25) is 0 Å². The molecule has 88 valence electrons. The molecule has 1 aliphatic rings. The number of anilines is 2. The Hall–Kier alpha value is -1.32. The van der Waals surface area contributed by atoms with Gasteiger partial charge in [-0.05, 0) is 25.2 Å². The fourth-order valence-electron chi connectivity index (χ4n) is 2.16. The topological polar surface area (TPSA) is 63.8 Å². The standard InChI is InChI=1S/C12H20N4/c1-3-4-11-15-10(13)7-12(16-11)14-9-5-8(2)6-9/h7-9H,3-6H2,1-2H3,(H3,13,14,15,16). The third kappa shape index (κ3) is 2.62. The minimum atomic E-state index is 0.563. The minimum absolute atomic E-state index is 0.563. The second-order valence-electron chi connectivity index (χ2n) is 4.76. The molecule has 2 rings (SSSR count). The van der Waals surface area contributed by atoms with Crippen molar-refractivity contribution >= 4 is 11.6 Å². The third-order valence-electron chi connectivity index (χ3n) is 2.99. The summed E-state index contributed by atoms with van der Waals surface area (Å²) in [6, 6.07) is 2.39. The zero-order valence-electron chi connectivity index (χ0n) is 10.0. The summed E-state index contributed by atoms with van der Waals surface area (Å²) >= 11 is 0. The van der Waals surface area contributed by atoms with Crippen LogP contribution in [-0.4, -0.2) is 16.0 Å². The molecule has 1 heterocycles. The SMILES string of the molecule is CCCc1nc(N)cc(NC2CC(C)C2)n1. The summed E-state index contributed by atoms with van der Waals surface area (Å²) in [6.07, 6.45) is 4.39. The maximum absolute atomic E-state index is 5.76. The first-order chi connectivity index (χ1) is 7.67. The maximum atomic E-state index is 5.76. The fraction of sp³-hybridized carbons (Fsp3) is 0.667. The van der Waals surface area contributed by atoms with Gasteiger partial charge in [0, 0.05) is 18.5 Å². The summed E-state index contributed by atoms with van der Waals surface area (Å²) in [5.74, 6) is 3.13. The Kier molecular flexibility index (Phi) is 3.27. The van der Waals surface area contributed by atoms with Crippen molar-refractivity contribution in [3.8, 4) is 0 Å². The van der Waals surface area contributed by atoms with E-state index in [2.05, 4.69) is 29.1 Å². The van der Waals surface area contributed by atoms with Crippen molar-refractivity contribution in [2.75, 3.05) is 11.1 Å². The van der Waals surface area contributed by atoms with Gasteiger partial charge in [0.05, 0.1) is 0 Å². The molecular formula is C12H20N4. The molecule has 0 radical (unpaired) electrons. The van der Waals surface area contributed by atoms with Gasteiger partial charge >= 0.3 is 0 Å². The van der Waals surface area contributed by atoms with Crippen LogP contribution in [0.2, 0.25) is 0 Å². The number of aromatic nitrogens is 2. The van der Waals surface area contributed by atoms with Gasteiger partial charge in [0.1, 0.15) is 17.5 Å². The number of rotatable bonds is 4. The maximum Gasteiger partial charge on any atom is 0.133 e. The van der Waals surface area contributed by atoms with Crippen LogP contribution in [0.25, 0.3) is 0 Å². The smallest absolute Gasteiger partial charge is 0.133 e. The van der Waals surface area contributed by atoms with Crippen molar-refractivity contribution in [1.29, 1.82) is 0 Å². The zero-order chi connectivity index (χ0) is 11.5. The Morgan fingerprint density at radius 1 is 1.44 bits per heavy atom. The summed E-state index contributed by atoms with van der Waals surface area (Å²) in [5, 5.41) is 3.42. The van der Waals surface area contributed by atoms with E-state index in [4.69, 9.17) is 5.73 Å². The highest BCUT2D eigenvalue weighted by Gasteiger charge is 2.25. The molecule has 0 spiro atoms. The molecule has 1 fully saturated rings. The van der Waals surface area contributed by atoms with Crippen LogP contribution >= 0.6 is 0 Å².